The minimum atomic E-state index is -0.450. The zero-order valence-electron chi connectivity index (χ0n) is 13.8. The Bertz CT molecular complexity index is 861. The third-order valence-electron chi connectivity index (χ3n) is 3.44. The molecule has 0 bridgehead atoms. The Morgan fingerprint density at radius 3 is 2.60 bits per heavy atom. The average molecular weight is 340 g/mol. The fourth-order valence-corrected chi connectivity index (χ4v) is 2.19. The van der Waals surface area contributed by atoms with Gasteiger partial charge in [-0.15, -0.1) is 0 Å². The molecule has 7 heteroatoms. The van der Waals surface area contributed by atoms with Gasteiger partial charge in [-0.2, -0.15) is 4.98 Å². The molecule has 0 saturated carbocycles. The van der Waals surface area contributed by atoms with Gasteiger partial charge in [0.2, 0.25) is 5.82 Å². The smallest absolute Gasteiger partial charge is 0.337 e. The summed E-state index contributed by atoms with van der Waals surface area (Å²) in [4.78, 5) is 15.9. The van der Waals surface area contributed by atoms with Crippen LogP contribution in [0.5, 0.6) is 11.5 Å². The zero-order valence-corrected chi connectivity index (χ0v) is 13.8. The third kappa shape index (κ3) is 3.77. The van der Waals surface area contributed by atoms with Crippen molar-refractivity contribution in [1.82, 2.24) is 10.1 Å². The number of benzene rings is 2. The summed E-state index contributed by atoms with van der Waals surface area (Å²) in [5.41, 5.74) is 1.23. The fraction of sp³-hybridized carbons (Fsp3) is 0.167. The molecule has 0 fully saturated rings. The van der Waals surface area contributed by atoms with Crippen LogP contribution < -0.4 is 9.47 Å². The number of nitrogens with zero attached hydrogens (tertiary/aromatic N) is 2. The first-order chi connectivity index (χ1) is 12.2. The Morgan fingerprint density at radius 2 is 1.88 bits per heavy atom. The first kappa shape index (κ1) is 16.5. The van der Waals surface area contributed by atoms with Crippen molar-refractivity contribution < 1.29 is 23.5 Å². The van der Waals surface area contributed by atoms with Crippen LogP contribution in [0.1, 0.15) is 16.2 Å². The first-order valence-corrected chi connectivity index (χ1v) is 7.48. The van der Waals surface area contributed by atoms with E-state index in [2.05, 4.69) is 14.9 Å². The molecule has 7 nitrogen and oxygen atoms in total. The van der Waals surface area contributed by atoms with E-state index < -0.39 is 5.97 Å². The molecule has 2 aromatic carbocycles. The highest BCUT2D eigenvalue weighted by Gasteiger charge is 2.13. The molecule has 0 spiro atoms. The SMILES string of the molecule is COC(=O)c1ccc(OCc2nc(-c3ccccc3)no2)c(OC)c1. The maximum Gasteiger partial charge on any atom is 0.337 e. The molecular weight excluding hydrogens is 324 g/mol. The van der Waals surface area contributed by atoms with Crippen molar-refractivity contribution in [1.29, 1.82) is 0 Å². The molecule has 0 radical (unpaired) electrons. The van der Waals surface area contributed by atoms with E-state index in [9.17, 15) is 4.79 Å². The predicted molar refractivity (Wildman–Crippen MR) is 88.4 cm³/mol. The molecule has 3 aromatic rings. The lowest BCUT2D eigenvalue weighted by molar-refractivity contribution is 0.0600. The highest BCUT2D eigenvalue weighted by molar-refractivity contribution is 5.90. The summed E-state index contributed by atoms with van der Waals surface area (Å²) in [7, 11) is 2.81. The standard InChI is InChI=1S/C18H16N2O5/c1-22-15-10-13(18(21)23-2)8-9-14(15)24-11-16-19-17(20-25-16)12-6-4-3-5-7-12/h3-10H,11H2,1-2H3. The van der Waals surface area contributed by atoms with E-state index in [-0.39, 0.29) is 6.61 Å². The van der Waals surface area contributed by atoms with Gasteiger partial charge in [0, 0.05) is 5.56 Å². The lowest BCUT2D eigenvalue weighted by Crippen LogP contribution is -2.03. The number of carbonyl (C=O) groups is 1. The molecule has 0 saturated heterocycles. The number of hydrogen-bond acceptors (Lipinski definition) is 7. The van der Waals surface area contributed by atoms with Crippen LogP contribution >= 0.6 is 0 Å². The molecule has 0 aliphatic rings. The number of ether oxygens (including phenoxy) is 3. The number of carbonyl (C=O) groups excluding carboxylic acids is 1. The van der Waals surface area contributed by atoms with Gasteiger partial charge in [-0.25, -0.2) is 4.79 Å². The monoisotopic (exact) mass is 340 g/mol. The summed E-state index contributed by atoms with van der Waals surface area (Å²) in [6.45, 7) is 0.0771. The fourth-order valence-electron chi connectivity index (χ4n) is 2.19. The highest BCUT2D eigenvalue weighted by Crippen LogP contribution is 2.29. The topological polar surface area (TPSA) is 83.7 Å². The quantitative estimate of drug-likeness (QED) is 0.637. The van der Waals surface area contributed by atoms with Gasteiger partial charge in [0.05, 0.1) is 19.8 Å². The Balaban J connectivity index is 1.71. The molecule has 0 aliphatic heterocycles. The molecule has 0 N–H and O–H groups in total. The summed E-state index contributed by atoms with van der Waals surface area (Å²) < 4.78 is 20.8. The summed E-state index contributed by atoms with van der Waals surface area (Å²) in [6.07, 6.45) is 0. The normalized spacial score (nSPS) is 10.3. The first-order valence-electron chi connectivity index (χ1n) is 7.48. The third-order valence-corrected chi connectivity index (χ3v) is 3.44. The second-order valence-corrected chi connectivity index (χ2v) is 5.02. The van der Waals surface area contributed by atoms with Crippen molar-refractivity contribution in [2.75, 3.05) is 14.2 Å². The number of aromatic nitrogens is 2. The van der Waals surface area contributed by atoms with E-state index in [4.69, 9.17) is 14.0 Å². The summed E-state index contributed by atoms with van der Waals surface area (Å²) in [5.74, 6) is 1.24. The van der Waals surface area contributed by atoms with Gasteiger partial charge < -0.3 is 18.7 Å². The van der Waals surface area contributed by atoms with Crippen molar-refractivity contribution in [3.05, 3.63) is 60.0 Å². The van der Waals surface area contributed by atoms with Crippen molar-refractivity contribution in [3.63, 3.8) is 0 Å². The second-order valence-electron chi connectivity index (χ2n) is 5.02. The molecule has 128 valence electrons. The zero-order chi connectivity index (χ0) is 17.6. The van der Waals surface area contributed by atoms with Crippen molar-refractivity contribution in [3.8, 4) is 22.9 Å². The summed E-state index contributed by atoms with van der Waals surface area (Å²) in [5, 5.41) is 3.93. The van der Waals surface area contributed by atoms with Crippen molar-refractivity contribution >= 4 is 5.97 Å². The largest absolute Gasteiger partial charge is 0.493 e. The second kappa shape index (κ2) is 7.48. The van der Waals surface area contributed by atoms with Gasteiger partial charge in [-0.1, -0.05) is 35.5 Å². The number of rotatable bonds is 6. The van der Waals surface area contributed by atoms with E-state index in [0.29, 0.717) is 28.8 Å². The van der Waals surface area contributed by atoms with Crippen molar-refractivity contribution in [2.45, 2.75) is 6.61 Å². The molecule has 0 amide bonds. The van der Waals surface area contributed by atoms with E-state index in [1.165, 1.54) is 14.2 Å². The maximum atomic E-state index is 11.6. The number of methoxy groups -OCH3 is 2. The maximum absolute atomic E-state index is 11.6. The highest BCUT2D eigenvalue weighted by atomic mass is 16.5. The molecule has 0 aliphatic carbocycles. The Kier molecular flexibility index (Phi) is 4.94. The van der Waals surface area contributed by atoms with Crippen LogP contribution in [-0.2, 0) is 11.3 Å². The summed E-state index contributed by atoms with van der Waals surface area (Å²) in [6, 6.07) is 14.3. The summed E-state index contributed by atoms with van der Waals surface area (Å²) >= 11 is 0. The van der Waals surface area contributed by atoms with Gasteiger partial charge in [0.25, 0.3) is 5.89 Å². The van der Waals surface area contributed by atoms with Crippen LogP contribution in [0, 0.1) is 0 Å². The van der Waals surface area contributed by atoms with Gasteiger partial charge in [0.1, 0.15) is 0 Å². The Labute approximate surface area is 144 Å². The van der Waals surface area contributed by atoms with Crippen LogP contribution in [0.25, 0.3) is 11.4 Å². The molecule has 0 atom stereocenters. The van der Waals surface area contributed by atoms with Crippen molar-refractivity contribution in [2.24, 2.45) is 0 Å². The van der Waals surface area contributed by atoms with E-state index in [1.54, 1.807) is 18.2 Å². The van der Waals surface area contributed by atoms with Gasteiger partial charge >= 0.3 is 5.97 Å². The Hall–Kier alpha value is -3.35. The molecule has 0 unspecified atom stereocenters. The van der Waals surface area contributed by atoms with Gasteiger partial charge in [-0.05, 0) is 18.2 Å². The molecule has 1 aromatic heterocycles. The van der Waals surface area contributed by atoms with E-state index in [0.717, 1.165) is 5.56 Å². The van der Waals surface area contributed by atoms with Crippen LogP contribution in [-0.4, -0.2) is 30.3 Å². The van der Waals surface area contributed by atoms with E-state index >= 15 is 0 Å². The van der Waals surface area contributed by atoms with Crippen LogP contribution in [0.15, 0.2) is 53.1 Å². The minimum absolute atomic E-state index is 0.0771. The molecule has 1 heterocycles. The molecular formula is C18H16N2O5. The molecule has 3 rings (SSSR count). The van der Waals surface area contributed by atoms with Gasteiger partial charge in [0.15, 0.2) is 18.1 Å². The van der Waals surface area contributed by atoms with Gasteiger partial charge in [-0.3, -0.25) is 0 Å². The van der Waals surface area contributed by atoms with Crippen LogP contribution in [0.3, 0.4) is 0 Å². The lowest BCUT2D eigenvalue weighted by Gasteiger charge is -2.10. The Morgan fingerprint density at radius 1 is 1.08 bits per heavy atom. The lowest BCUT2D eigenvalue weighted by atomic mass is 10.2. The number of hydrogen-bond donors (Lipinski definition) is 0. The van der Waals surface area contributed by atoms with E-state index in [1.807, 2.05) is 30.3 Å². The predicted octanol–water partition coefficient (Wildman–Crippen LogP) is 3.11. The van der Waals surface area contributed by atoms with Crippen LogP contribution in [0.2, 0.25) is 0 Å². The molecule has 25 heavy (non-hydrogen) atoms. The number of esters is 1. The minimum Gasteiger partial charge on any atom is -0.493 e. The van der Waals surface area contributed by atoms with Crippen LogP contribution in [0.4, 0.5) is 0 Å². The average Bonchev–Trinajstić information content (AvgIpc) is 3.15.